The highest BCUT2D eigenvalue weighted by atomic mass is 32.3. The zero-order chi connectivity index (χ0) is 21.2. The molecule has 1 amide bonds. The van der Waals surface area contributed by atoms with Crippen LogP contribution >= 0.6 is 10.8 Å². The number of anilines is 1. The molecular formula is C19H26N4O5S. The lowest BCUT2D eigenvalue weighted by molar-refractivity contribution is 0.0926. The third-order valence-electron chi connectivity index (χ3n) is 4.98. The van der Waals surface area contributed by atoms with Gasteiger partial charge in [-0.1, -0.05) is 37.3 Å². The van der Waals surface area contributed by atoms with Gasteiger partial charge in [0.25, 0.3) is 11.5 Å². The zero-order valence-corrected chi connectivity index (χ0v) is 17.2. The second-order valence-corrected chi connectivity index (χ2v) is 9.08. The number of benzene rings is 1. The van der Waals surface area contributed by atoms with E-state index in [1.165, 1.54) is 11.4 Å². The summed E-state index contributed by atoms with van der Waals surface area (Å²) in [6, 6.07) is 9.01. The molecule has 1 aromatic carbocycles. The molecule has 0 spiro atoms. The van der Waals surface area contributed by atoms with E-state index in [1.54, 1.807) is 0 Å². The van der Waals surface area contributed by atoms with Crippen LogP contribution in [0.1, 0.15) is 48.3 Å². The summed E-state index contributed by atoms with van der Waals surface area (Å²) in [6.45, 7) is 2.19. The lowest BCUT2D eigenvalue weighted by Crippen LogP contribution is -2.40. The van der Waals surface area contributed by atoms with Crippen molar-refractivity contribution in [3.05, 3.63) is 51.9 Å². The molecule has 0 aliphatic carbocycles. The van der Waals surface area contributed by atoms with Crippen LogP contribution in [0.4, 0.5) is 5.95 Å². The molecule has 1 aliphatic rings. The number of amides is 1. The number of nitrogens with one attached hydrogen (secondary N) is 1. The predicted molar refractivity (Wildman–Crippen MR) is 112 cm³/mol. The second kappa shape index (κ2) is 8.44. The fourth-order valence-corrected chi connectivity index (χ4v) is 4.99. The summed E-state index contributed by atoms with van der Waals surface area (Å²) in [7, 11) is -1.77. The van der Waals surface area contributed by atoms with Crippen molar-refractivity contribution in [3.8, 4) is 5.75 Å². The van der Waals surface area contributed by atoms with Crippen LogP contribution in [-0.2, 0) is 7.05 Å². The van der Waals surface area contributed by atoms with Crippen LogP contribution in [0.2, 0.25) is 0 Å². The van der Waals surface area contributed by atoms with E-state index in [0.29, 0.717) is 19.3 Å². The Kier molecular flexibility index (Phi) is 6.15. The molecule has 1 aliphatic heterocycles. The first-order valence-corrected chi connectivity index (χ1v) is 11.1. The van der Waals surface area contributed by atoms with E-state index in [0.717, 1.165) is 10.1 Å². The van der Waals surface area contributed by atoms with Crippen LogP contribution < -0.4 is 15.2 Å². The summed E-state index contributed by atoms with van der Waals surface area (Å²) in [6.07, 6.45) is 1.94. The van der Waals surface area contributed by atoms with E-state index >= 15 is 0 Å². The third kappa shape index (κ3) is 4.24. The Labute approximate surface area is 170 Å². The third-order valence-corrected chi connectivity index (χ3v) is 6.87. The Hall–Kier alpha value is -2.56. The summed E-state index contributed by atoms with van der Waals surface area (Å²) < 4.78 is 23.0. The number of rotatable bonds is 5. The fourth-order valence-electron chi connectivity index (χ4n) is 3.33. The predicted octanol–water partition coefficient (Wildman–Crippen LogP) is 2.63. The van der Waals surface area contributed by atoms with Gasteiger partial charge in [0.2, 0.25) is 11.7 Å². The van der Waals surface area contributed by atoms with Gasteiger partial charge >= 0.3 is 0 Å². The highest BCUT2D eigenvalue weighted by Gasteiger charge is 2.32. The number of carbonyl (C=O) groups is 1. The standard InChI is InChI=1S/C19H26N4O5S/c1-3-14(13-9-5-4-6-10-13)20-17(25)15-16(24)18(26)22(2)19(21-15)23-11-7-8-12-29(23,27)28/h4-6,9-10,14,24,27-28H,3,7-8,11-12H2,1-2H3,(H,20,25)/t14-/m0/s1. The van der Waals surface area contributed by atoms with E-state index in [9.17, 15) is 23.8 Å². The van der Waals surface area contributed by atoms with Gasteiger partial charge in [0.05, 0.1) is 11.8 Å². The summed E-state index contributed by atoms with van der Waals surface area (Å²) in [4.78, 5) is 29.5. The zero-order valence-electron chi connectivity index (χ0n) is 16.4. The summed E-state index contributed by atoms with van der Waals surface area (Å²) in [5, 5.41) is 13.1. The van der Waals surface area contributed by atoms with E-state index in [1.807, 2.05) is 37.3 Å². The molecule has 29 heavy (non-hydrogen) atoms. The molecule has 2 heterocycles. The summed E-state index contributed by atoms with van der Waals surface area (Å²) in [5.74, 6) is -1.36. The molecule has 1 saturated heterocycles. The quantitative estimate of drug-likeness (QED) is 0.583. The molecular weight excluding hydrogens is 396 g/mol. The van der Waals surface area contributed by atoms with Crippen LogP contribution in [0, 0.1) is 0 Å². The first-order chi connectivity index (χ1) is 13.8. The lowest BCUT2D eigenvalue weighted by Gasteiger charge is -2.46. The molecule has 1 aromatic heterocycles. The minimum atomic E-state index is -3.14. The largest absolute Gasteiger partial charge is 0.501 e. The molecule has 158 valence electrons. The molecule has 3 rings (SSSR count). The molecule has 0 radical (unpaired) electrons. The van der Waals surface area contributed by atoms with Gasteiger partial charge in [-0.3, -0.25) is 23.3 Å². The van der Waals surface area contributed by atoms with Crippen LogP contribution in [0.15, 0.2) is 35.1 Å². The fraction of sp³-hybridized carbons (Fsp3) is 0.421. The Morgan fingerprint density at radius 2 is 1.97 bits per heavy atom. The van der Waals surface area contributed by atoms with Crippen molar-refractivity contribution >= 4 is 22.6 Å². The summed E-state index contributed by atoms with van der Waals surface area (Å²) >= 11 is 0. The Morgan fingerprint density at radius 1 is 1.28 bits per heavy atom. The molecule has 0 unspecified atom stereocenters. The summed E-state index contributed by atoms with van der Waals surface area (Å²) in [5.41, 5.74) is -0.371. The average Bonchev–Trinajstić information content (AvgIpc) is 2.71. The maximum Gasteiger partial charge on any atom is 0.297 e. The van der Waals surface area contributed by atoms with Crippen molar-refractivity contribution < 1.29 is 19.0 Å². The monoisotopic (exact) mass is 422 g/mol. The maximum atomic E-state index is 12.8. The van der Waals surface area contributed by atoms with Crippen molar-refractivity contribution in [3.63, 3.8) is 0 Å². The van der Waals surface area contributed by atoms with E-state index < -0.39 is 33.7 Å². The number of aromatic nitrogens is 2. The van der Waals surface area contributed by atoms with Crippen molar-refractivity contribution in [1.29, 1.82) is 0 Å². The number of aromatic hydroxyl groups is 1. The molecule has 0 saturated carbocycles. The molecule has 10 heteroatoms. The highest BCUT2D eigenvalue weighted by Crippen LogP contribution is 2.48. The van der Waals surface area contributed by atoms with Crippen LogP contribution in [-0.4, -0.2) is 42.0 Å². The molecule has 9 nitrogen and oxygen atoms in total. The van der Waals surface area contributed by atoms with E-state index in [2.05, 4.69) is 10.3 Å². The molecule has 2 aromatic rings. The van der Waals surface area contributed by atoms with Crippen molar-refractivity contribution in [2.45, 2.75) is 32.2 Å². The van der Waals surface area contributed by atoms with E-state index in [-0.39, 0.29) is 24.3 Å². The van der Waals surface area contributed by atoms with Crippen LogP contribution in [0.5, 0.6) is 5.75 Å². The van der Waals surface area contributed by atoms with Crippen molar-refractivity contribution in [1.82, 2.24) is 14.9 Å². The van der Waals surface area contributed by atoms with Gasteiger partial charge in [0, 0.05) is 13.6 Å². The van der Waals surface area contributed by atoms with Crippen LogP contribution in [0.3, 0.4) is 0 Å². The normalized spacial score (nSPS) is 18.1. The van der Waals surface area contributed by atoms with Crippen molar-refractivity contribution in [2.75, 3.05) is 16.6 Å². The van der Waals surface area contributed by atoms with Crippen LogP contribution in [0.25, 0.3) is 0 Å². The van der Waals surface area contributed by atoms with Gasteiger partial charge < -0.3 is 10.4 Å². The van der Waals surface area contributed by atoms with E-state index in [4.69, 9.17) is 0 Å². The van der Waals surface area contributed by atoms with Gasteiger partial charge in [-0.25, -0.2) is 9.29 Å². The molecule has 0 bridgehead atoms. The average molecular weight is 423 g/mol. The molecule has 1 fully saturated rings. The number of hydrogen-bond acceptors (Lipinski definition) is 7. The van der Waals surface area contributed by atoms with Crippen molar-refractivity contribution in [2.24, 2.45) is 7.05 Å². The SMILES string of the molecule is CC[C@H](NC(=O)c1nc(N2CCCCS2(O)O)n(C)c(=O)c1O)c1ccccc1. The Balaban J connectivity index is 1.98. The first kappa shape index (κ1) is 21.2. The second-order valence-electron chi connectivity index (χ2n) is 6.96. The number of nitrogens with zero attached hydrogens (tertiary/aromatic N) is 3. The topological polar surface area (TPSA) is 128 Å². The van der Waals surface area contributed by atoms with Gasteiger partial charge in [0.1, 0.15) is 0 Å². The number of hydrogen-bond donors (Lipinski definition) is 4. The smallest absolute Gasteiger partial charge is 0.297 e. The van der Waals surface area contributed by atoms with Gasteiger partial charge in [-0.05, 0) is 24.8 Å². The maximum absolute atomic E-state index is 12.8. The minimum absolute atomic E-state index is 0.0505. The lowest BCUT2D eigenvalue weighted by atomic mass is 10.0. The number of carbonyl (C=O) groups excluding carboxylic acids is 1. The first-order valence-electron chi connectivity index (χ1n) is 9.45. The Morgan fingerprint density at radius 3 is 2.59 bits per heavy atom. The molecule has 1 atom stereocenters. The molecule has 4 N–H and O–H groups in total. The minimum Gasteiger partial charge on any atom is -0.501 e. The van der Waals surface area contributed by atoms with Gasteiger partial charge in [-0.15, -0.1) is 10.8 Å². The van der Waals surface area contributed by atoms with Gasteiger partial charge in [0.15, 0.2) is 5.69 Å². The highest BCUT2D eigenvalue weighted by molar-refractivity contribution is 8.25. The Bertz CT molecular complexity index is 948. The van der Waals surface area contributed by atoms with Gasteiger partial charge in [-0.2, -0.15) is 0 Å².